The van der Waals surface area contributed by atoms with Crippen LogP contribution in [0.25, 0.3) is 0 Å². The summed E-state index contributed by atoms with van der Waals surface area (Å²) in [5, 5.41) is 13.2. The number of β-amino-alcohol motifs (C(OH)–C–C–N with tert-alkyl or cyclic N) is 1. The van der Waals surface area contributed by atoms with Crippen molar-refractivity contribution in [2.45, 2.75) is 38.5 Å². The fourth-order valence-electron chi connectivity index (χ4n) is 4.69. The van der Waals surface area contributed by atoms with Crippen molar-refractivity contribution < 1.29 is 23.5 Å². The first-order valence-corrected chi connectivity index (χ1v) is 12.2. The molecule has 1 amide bonds. The molecule has 0 radical (unpaired) electrons. The number of oxazole rings is 1. The van der Waals surface area contributed by atoms with Gasteiger partial charge in [0.1, 0.15) is 18.6 Å². The highest BCUT2D eigenvalue weighted by atomic mass is 16.5. The molecule has 1 aliphatic carbocycles. The van der Waals surface area contributed by atoms with Crippen LogP contribution in [0.15, 0.2) is 51.7 Å². The summed E-state index contributed by atoms with van der Waals surface area (Å²) in [5.41, 5.74) is 3.78. The van der Waals surface area contributed by atoms with Gasteiger partial charge in [-0.15, -0.1) is 0 Å². The van der Waals surface area contributed by atoms with Gasteiger partial charge in [0.15, 0.2) is 5.69 Å². The number of hydrogen-bond acceptors (Lipinski definition) is 8. The number of amides is 1. The van der Waals surface area contributed by atoms with Gasteiger partial charge in [-0.2, -0.15) is 0 Å². The molecule has 2 aromatic heterocycles. The largest absolute Gasteiger partial charge is 0.467 e. The van der Waals surface area contributed by atoms with Gasteiger partial charge >= 0.3 is 0 Å². The molecule has 9 nitrogen and oxygen atoms in total. The third kappa shape index (κ3) is 6.37. The second kappa shape index (κ2) is 11.2. The van der Waals surface area contributed by atoms with Crippen LogP contribution in [0, 0.1) is 0 Å². The number of ether oxygens (including phenoxy) is 1. The predicted molar refractivity (Wildman–Crippen MR) is 129 cm³/mol. The van der Waals surface area contributed by atoms with E-state index in [0.717, 1.165) is 50.5 Å². The average molecular weight is 481 g/mol. The first-order chi connectivity index (χ1) is 17.1. The zero-order valence-electron chi connectivity index (χ0n) is 19.8. The Hall–Kier alpha value is -2.98. The molecule has 2 aliphatic rings. The molecule has 1 saturated heterocycles. The fourth-order valence-corrected chi connectivity index (χ4v) is 4.69. The van der Waals surface area contributed by atoms with Crippen LogP contribution in [0.2, 0.25) is 0 Å². The number of aryl methyl sites for hydroxylation is 2. The summed E-state index contributed by atoms with van der Waals surface area (Å²) >= 11 is 0. The number of carbonyl (C=O) groups excluding carboxylic acids is 1. The van der Waals surface area contributed by atoms with Crippen molar-refractivity contribution in [3.8, 4) is 0 Å². The topological polar surface area (TPSA) is 104 Å². The number of aliphatic hydroxyl groups excluding tert-OH is 1. The Morgan fingerprint density at radius 1 is 1.11 bits per heavy atom. The highest BCUT2D eigenvalue weighted by molar-refractivity contribution is 6.02. The van der Waals surface area contributed by atoms with Gasteiger partial charge in [-0.3, -0.25) is 14.6 Å². The fraction of sp³-hybridized carbons (Fsp3) is 0.462. The number of nitrogens with one attached hydrogen (secondary N) is 1. The molecule has 5 rings (SSSR count). The highest BCUT2D eigenvalue weighted by Crippen LogP contribution is 2.25. The van der Waals surface area contributed by atoms with E-state index in [1.807, 2.05) is 18.2 Å². The molecule has 1 unspecified atom stereocenters. The number of fused-ring (bicyclic) bond motifs is 1. The van der Waals surface area contributed by atoms with Crippen molar-refractivity contribution in [2.75, 3.05) is 44.6 Å². The van der Waals surface area contributed by atoms with Crippen LogP contribution in [0.5, 0.6) is 0 Å². The van der Waals surface area contributed by atoms with E-state index in [1.54, 1.807) is 6.26 Å². The Morgan fingerprint density at radius 3 is 2.77 bits per heavy atom. The molecule has 0 bridgehead atoms. The van der Waals surface area contributed by atoms with Crippen molar-refractivity contribution in [2.24, 2.45) is 0 Å². The Morgan fingerprint density at radius 2 is 1.94 bits per heavy atom. The zero-order chi connectivity index (χ0) is 24.0. The number of anilines is 1. The van der Waals surface area contributed by atoms with Crippen LogP contribution < -0.4 is 5.32 Å². The van der Waals surface area contributed by atoms with Crippen LogP contribution in [-0.2, 0) is 30.7 Å². The molecule has 186 valence electrons. The third-order valence-electron chi connectivity index (χ3n) is 6.57. The maximum Gasteiger partial charge on any atom is 0.277 e. The molecule has 9 heteroatoms. The molecule has 0 spiro atoms. The van der Waals surface area contributed by atoms with Crippen LogP contribution in [0.3, 0.4) is 0 Å². The summed E-state index contributed by atoms with van der Waals surface area (Å²) in [7, 11) is 0. The normalized spacial score (nSPS) is 17.4. The van der Waals surface area contributed by atoms with E-state index < -0.39 is 6.10 Å². The summed E-state index contributed by atoms with van der Waals surface area (Å²) < 4.78 is 16.3. The minimum absolute atomic E-state index is 0.258. The van der Waals surface area contributed by atoms with E-state index >= 15 is 0 Å². The highest BCUT2D eigenvalue weighted by Gasteiger charge is 2.22. The first kappa shape index (κ1) is 23.7. The van der Waals surface area contributed by atoms with Crippen LogP contribution >= 0.6 is 0 Å². The van der Waals surface area contributed by atoms with Crippen molar-refractivity contribution in [1.82, 2.24) is 14.8 Å². The summed E-state index contributed by atoms with van der Waals surface area (Å²) in [4.78, 5) is 21.5. The number of hydrogen-bond donors (Lipinski definition) is 2. The van der Waals surface area contributed by atoms with E-state index in [1.165, 1.54) is 23.8 Å². The molecule has 1 aromatic carbocycles. The van der Waals surface area contributed by atoms with Gasteiger partial charge < -0.3 is 24.0 Å². The molecule has 1 fully saturated rings. The van der Waals surface area contributed by atoms with Crippen molar-refractivity contribution >= 4 is 11.6 Å². The number of carbonyl (C=O) groups is 1. The van der Waals surface area contributed by atoms with E-state index in [0.29, 0.717) is 25.6 Å². The van der Waals surface area contributed by atoms with E-state index in [4.69, 9.17) is 13.6 Å². The van der Waals surface area contributed by atoms with Gasteiger partial charge in [-0.05, 0) is 54.7 Å². The average Bonchev–Trinajstić information content (AvgIpc) is 3.62. The third-order valence-corrected chi connectivity index (χ3v) is 6.57. The molecule has 3 heterocycles. The van der Waals surface area contributed by atoms with Gasteiger partial charge in [0, 0.05) is 38.4 Å². The molecule has 1 atom stereocenters. The van der Waals surface area contributed by atoms with Crippen molar-refractivity contribution in [3.05, 3.63) is 71.3 Å². The molecule has 1 aliphatic heterocycles. The minimum atomic E-state index is -0.546. The molecular formula is C26H32N4O5. The van der Waals surface area contributed by atoms with Crippen LogP contribution in [0.4, 0.5) is 5.69 Å². The lowest BCUT2D eigenvalue weighted by Crippen LogP contribution is -2.48. The van der Waals surface area contributed by atoms with Crippen molar-refractivity contribution in [1.29, 1.82) is 0 Å². The number of piperazine rings is 1. The SMILES string of the molecule is O=C(Nc1ccc2c(c1)CCC2)c1coc(CN2CCN(CC(O)COCc3ccco3)CC2)n1. The summed E-state index contributed by atoms with van der Waals surface area (Å²) in [6, 6.07) is 9.77. The van der Waals surface area contributed by atoms with Gasteiger partial charge in [-0.25, -0.2) is 4.98 Å². The smallest absolute Gasteiger partial charge is 0.277 e. The molecular weight excluding hydrogens is 448 g/mol. The van der Waals surface area contributed by atoms with Crippen LogP contribution in [-0.4, -0.2) is 71.2 Å². The maximum absolute atomic E-state index is 12.6. The second-order valence-electron chi connectivity index (χ2n) is 9.24. The number of aliphatic hydroxyl groups is 1. The minimum Gasteiger partial charge on any atom is -0.467 e. The van der Waals surface area contributed by atoms with Crippen molar-refractivity contribution in [3.63, 3.8) is 0 Å². The summed E-state index contributed by atoms with van der Waals surface area (Å²) in [6.07, 6.45) is 5.85. The second-order valence-corrected chi connectivity index (χ2v) is 9.24. The Balaban J connectivity index is 1.03. The number of aromatic nitrogens is 1. The number of furan rings is 1. The van der Waals surface area contributed by atoms with Gasteiger partial charge in [-0.1, -0.05) is 6.07 Å². The Labute approximate surface area is 204 Å². The first-order valence-electron chi connectivity index (χ1n) is 12.2. The van der Waals surface area contributed by atoms with E-state index in [9.17, 15) is 9.90 Å². The lowest BCUT2D eigenvalue weighted by atomic mass is 10.1. The molecule has 35 heavy (non-hydrogen) atoms. The van der Waals surface area contributed by atoms with Gasteiger partial charge in [0.25, 0.3) is 5.91 Å². The predicted octanol–water partition coefficient (Wildman–Crippen LogP) is 2.70. The van der Waals surface area contributed by atoms with E-state index in [-0.39, 0.29) is 18.2 Å². The quantitative estimate of drug-likeness (QED) is 0.457. The van der Waals surface area contributed by atoms with Gasteiger partial charge in [0.05, 0.1) is 25.5 Å². The molecule has 2 N–H and O–H groups in total. The van der Waals surface area contributed by atoms with Gasteiger partial charge in [0.2, 0.25) is 5.89 Å². The maximum atomic E-state index is 12.6. The number of benzene rings is 1. The van der Waals surface area contributed by atoms with Crippen LogP contribution in [0.1, 0.15) is 39.7 Å². The molecule has 0 saturated carbocycles. The summed E-state index contributed by atoms with van der Waals surface area (Å²) in [6.45, 7) is 5.09. The lowest BCUT2D eigenvalue weighted by molar-refractivity contribution is -0.00353. The summed E-state index contributed by atoms with van der Waals surface area (Å²) in [5.74, 6) is 1.02. The van der Waals surface area contributed by atoms with E-state index in [2.05, 4.69) is 32.2 Å². The Bertz CT molecular complexity index is 1100. The molecule has 3 aromatic rings. The standard InChI is InChI=1S/C26H32N4O5/c31-22(16-33-17-23-5-2-12-34-23)14-29-8-10-30(11-9-29)15-25-28-24(18-35-25)26(32)27-21-7-6-19-3-1-4-20(19)13-21/h2,5-7,12-13,18,22,31H,1,3-4,8-11,14-17H2,(H,27,32). The number of rotatable bonds is 10. The number of nitrogens with zero attached hydrogens (tertiary/aromatic N) is 3. The lowest BCUT2D eigenvalue weighted by Gasteiger charge is -2.34. The monoisotopic (exact) mass is 480 g/mol. The zero-order valence-corrected chi connectivity index (χ0v) is 19.8. The Kier molecular flexibility index (Phi) is 7.58.